The fourth-order valence-electron chi connectivity index (χ4n) is 1.49. The summed E-state index contributed by atoms with van der Waals surface area (Å²) < 4.78 is 0. The minimum Gasteiger partial charge on any atom is -0.335 e. The number of aliphatic imine (C=N–C) groups is 1. The van der Waals surface area contributed by atoms with E-state index in [1.807, 2.05) is 0 Å². The second-order valence-corrected chi connectivity index (χ2v) is 5.74. The second kappa shape index (κ2) is 5.64. The van der Waals surface area contributed by atoms with Gasteiger partial charge in [-0.15, -0.1) is 11.8 Å². The van der Waals surface area contributed by atoms with E-state index in [0.29, 0.717) is 6.04 Å². The van der Waals surface area contributed by atoms with Gasteiger partial charge in [0.25, 0.3) is 0 Å². The third-order valence-electron chi connectivity index (χ3n) is 2.45. The van der Waals surface area contributed by atoms with Crippen LogP contribution in [0.2, 0.25) is 0 Å². The quantitative estimate of drug-likeness (QED) is 0.812. The predicted octanol–water partition coefficient (Wildman–Crippen LogP) is 3.70. The molecule has 2 rings (SSSR count). The molecule has 0 radical (unpaired) electrons. The third-order valence-corrected chi connectivity index (χ3v) is 4.12. The summed E-state index contributed by atoms with van der Waals surface area (Å²) in [4.78, 5) is 5.87. The molecular formula is C12H16N2S2. The smallest absolute Gasteiger partial charge is 0.161 e. The number of amidine groups is 1. The molecule has 86 valence electrons. The molecule has 0 saturated carbocycles. The molecule has 0 spiro atoms. The van der Waals surface area contributed by atoms with Crippen molar-refractivity contribution in [1.29, 1.82) is 0 Å². The van der Waals surface area contributed by atoms with Gasteiger partial charge in [0, 0.05) is 16.3 Å². The standard InChI is InChI=1S/C12H16N2S2/c1-9-7-8-16-12(13-9)14-10-3-5-11(15-2)6-4-10/h3-6,9H,7-8H2,1-2H3,(H,13,14). The molecule has 0 saturated heterocycles. The van der Waals surface area contributed by atoms with E-state index in [1.165, 1.54) is 11.3 Å². The number of thioether (sulfide) groups is 2. The normalized spacial score (nSPS) is 20.4. The SMILES string of the molecule is CSc1ccc(NC2=NC(C)CCS2)cc1. The molecule has 1 unspecified atom stereocenters. The molecule has 1 heterocycles. The zero-order chi connectivity index (χ0) is 11.4. The van der Waals surface area contributed by atoms with Crippen molar-refractivity contribution in [3.8, 4) is 0 Å². The maximum atomic E-state index is 4.58. The van der Waals surface area contributed by atoms with Crippen molar-refractivity contribution in [2.45, 2.75) is 24.3 Å². The van der Waals surface area contributed by atoms with Crippen LogP contribution in [0.15, 0.2) is 34.2 Å². The summed E-state index contributed by atoms with van der Waals surface area (Å²) in [7, 11) is 0. The first kappa shape index (κ1) is 11.9. The Hall–Kier alpha value is -0.610. The molecule has 1 aliphatic rings. The lowest BCUT2D eigenvalue weighted by Crippen LogP contribution is -2.17. The van der Waals surface area contributed by atoms with Crippen LogP contribution in [0.3, 0.4) is 0 Å². The summed E-state index contributed by atoms with van der Waals surface area (Å²) in [5, 5.41) is 4.42. The Labute approximate surface area is 105 Å². The van der Waals surface area contributed by atoms with Crippen LogP contribution < -0.4 is 5.32 Å². The first-order valence-electron chi connectivity index (χ1n) is 5.39. The van der Waals surface area contributed by atoms with E-state index in [0.717, 1.165) is 16.6 Å². The molecule has 1 aliphatic heterocycles. The van der Waals surface area contributed by atoms with Crippen LogP contribution in [-0.4, -0.2) is 23.2 Å². The molecular weight excluding hydrogens is 236 g/mol. The van der Waals surface area contributed by atoms with Gasteiger partial charge in [0.05, 0.1) is 6.04 Å². The molecule has 1 atom stereocenters. The number of benzene rings is 1. The highest BCUT2D eigenvalue weighted by Crippen LogP contribution is 2.21. The summed E-state index contributed by atoms with van der Waals surface area (Å²) in [6.07, 6.45) is 3.27. The predicted molar refractivity (Wildman–Crippen MR) is 75.8 cm³/mol. The van der Waals surface area contributed by atoms with Gasteiger partial charge in [0.2, 0.25) is 0 Å². The molecule has 0 aliphatic carbocycles. The molecule has 0 fully saturated rings. The molecule has 0 bridgehead atoms. The van der Waals surface area contributed by atoms with Gasteiger partial charge in [-0.3, -0.25) is 4.99 Å². The van der Waals surface area contributed by atoms with Crippen molar-refractivity contribution in [3.63, 3.8) is 0 Å². The van der Waals surface area contributed by atoms with Gasteiger partial charge in [-0.1, -0.05) is 11.8 Å². The molecule has 4 heteroatoms. The van der Waals surface area contributed by atoms with E-state index >= 15 is 0 Å². The highest BCUT2D eigenvalue weighted by molar-refractivity contribution is 8.14. The number of hydrogen-bond acceptors (Lipinski definition) is 4. The van der Waals surface area contributed by atoms with E-state index < -0.39 is 0 Å². The Kier molecular flexibility index (Phi) is 4.18. The van der Waals surface area contributed by atoms with Crippen LogP contribution in [0.1, 0.15) is 13.3 Å². The van der Waals surface area contributed by atoms with Gasteiger partial charge < -0.3 is 5.32 Å². The average Bonchev–Trinajstić information content (AvgIpc) is 2.30. The maximum Gasteiger partial charge on any atom is 0.161 e. The van der Waals surface area contributed by atoms with Crippen LogP contribution in [0.25, 0.3) is 0 Å². The number of hydrogen-bond donors (Lipinski definition) is 1. The highest BCUT2D eigenvalue weighted by Gasteiger charge is 2.11. The Morgan fingerprint density at radius 3 is 2.75 bits per heavy atom. The number of nitrogens with one attached hydrogen (secondary N) is 1. The molecule has 1 N–H and O–H groups in total. The minimum atomic E-state index is 0.453. The van der Waals surface area contributed by atoms with Crippen molar-refractivity contribution in [1.82, 2.24) is 0 Å². The van der Waals surface area contributed by atoms with Crippen molar-refractivity contribution in [2.75, 3.05) is 17.3 Å². The van der Waals surface area contributed by atoms with Crippen LogP contribution in [0.4, 0.5) is 5.69 Å². The monoisotopic (exact) mass is 252 g/mol. The molecule has 1 aromatic rings. The van der Waals surface area contributed by atoms with Crippen molar-refractivity contribution in [2.24, 2.45) is 4.99 Å². The van der Waals surface area contributed by atoms with Crippen LogP contribution in [-0.2, 0) is 0 Å². The van der Waals surface area contributed by atoms with Gasteiger partial charge >= 0.3 is 0 Å². The van der Waals surface area contributed by atoms with Crippen molar-refractivity contribution < 1.29 is 0 Å². The number of anilines is 1. The Balaban J connectivity index is 2.03. The summed E-state index contributed by atoms with van der Waals surface area (Å²) in [6.45, 7) is 2.16. The lowest BCUT2D eigenvalue weighted by molar-refractivity contribution is 0.720. The van der Waals surface area contributed by atoms with Crippen molar-refractivity contribution in [3.05, 3.63) is 24.3 Å². The minimum absolute atomic E-state index is 0.453. The lowest BCUT2D eigenvalue weighted by atomic mass is 10.3. The van der Waals surface area contributed by atoms with E-state index in [9.17, 15) is 0 Å². The van der Waals surface area contributed by atoms with Gasteiger partial charge in [-0.2, -0.15) is 0 Å². The molecule has 16 heavy (non-hydrogen) atoms. The Morgan fingerprint density at radius 2 is 2.12 bits per heavy atom. The molecule has 0 aromatic heterocycles. The molecule has 0 amide bonds. The molecule has 1 aromatic carbocycles. The maximum absolute atomic E-state index is 4.58. The van der Waals surface area contributed by atoms with Crippen LogP contribution in [0.5, 0.6) is 0 Å². The summed E-state index contributed by atoms with van der Waals surface area (Å²) in [6, 6.07) is 8.92. The lowest BCUT2D eigenvalue weighted by Gasteiger charge is -2.17. The zero-order valence-electron chi connectivity index (χ0n) is 9.56. The number of rotatable bonds is 2. The van der Waals surface area contributed by atoms with Crippen LogP contribution in [0, 0.1) is 0 Å². The highest BCUT2D eigenvalue weighted by atomic mass is 32.2. The summed E-state index contributed by atoms with van der Waals surface area (Å²) in [5.74, 6) is 1.16. The fraction of sp³-hybridized carbons (Fsp3) is 0.417. The fourth-order valence-corrected chi connectivity index (χ4v) is 3.00. The Bertz CT molecular complexity index is 373. The van der Waals surface area contributed by atoms with Gasteiger partial charge in [-0.25, -0.2) is 0 Å². The third kappa shape index (κ3) is 3.19. The van der Waals surface area contributed by atoms with E-state index in [4.69, 9.17) is 0 Å². The van der Waals surface area contributed by atoms with Crippen LogP contribution >= 0.6 is 23.5 Å². The van der Waals surface area contributed by atoms with Gasteiger partial charge in [-0.05, 0) is 43.9 Å². The number of nitrogens with zero attached hydrogens (tertiary/aromatic N) is 1. The first-order chi connectivity index (χ1) is 7.78. The topological polar surface area (TPSA) is 24.4 Å². The van der Waals surface area contributed by atoms with Gasteiger partial charge in [0.15, 0.2) is 5.17 Å². The van der Waals surface area contributed by atoms with Crippen molar-refractivity contribution >= 4 is 34.4 Å². The van der Waals surface area contributed by atoms with E-state index in [1.54, 1.807) is 23.5 Å². The summed E-state index contributed by atoms with van der Waals surface area (Å²) in [5.41, 5.74) is 1.12. The first-order valence-corrected chi connectivity index (χ1v) is 7.60. The molecule has 2 nitrogen and oxygen atoms in total. The second-order valence-electron chi connectivity index (χ2n) is 3.77. The van der Waals surface area contributed by atoms with E-state index in [-0.39, 0.29) is 0 Å². The van der Waals surface area contributed by atoms with Gasteiger partial charge in [0.1, 0.15) is 0 Å². The summed E-state index contributed by atoms with van der Waals surface area (Å²) >= 11 is 3.57. The Morgan fingerprint density at radius 1 is 1.38 bits per heavy atom. The van der Waals surface area contributed by atoms with E-state index in [2.05, 4.69) is 47.8 Å². The zero-order valence-corrected chi connectivity index (χ0v) is 11.2. The largest absolute Gasteiger partial charge is 0.335 e. The average molecular weight is 252 g/mol.